The van der Waals surface area contributed by atoms with Crippen LogP contribution in [0, 0.1) is 11.8 Å². The third-order valence-corrected chi connectivity index (χ3v) is 2.59. The Morgan fingerprint density at radius 2 is 2.00 bits per heavy atom. The van der Waals surface area contributed by atoms with Gasteiger partial charge in [0.05, 0.1) is 6.54 Å². The van der Waals surface area contributed by atoms with E-state index < -0.39 is 0 Å². The van der Waals surface area contributed by atoms with Crippen LogP contribution in [0.4, 0.5) is 0 Å². The summed E-state index contributed by atoms with van der Waals surface area (Å²) in [6.07, 6.45) is 4.27. The second-order valence-electron chi connectivity index (χ2n) is 5.48. The van der Waals surface area contributed by atoms with Crippen LogP contribution in [0.5, 0.6) is 0 Å². The van der Waals surface area contributed by atoms with Gasteiger partial charge in [-0.05, 0) is 31.2 Å². The molecule has 1 heterocycles. The molecule has 0 saturated carbocycles. The van der Waals surface area contributed by atoms with Crippen molar-refractivity contribution in [1.29, 1.82) is 0 Å². The molecule has 0 bridgehead atoms. The van der Waals surface area contributed by atoms with Crippen molar-refractivity contribution in [3.05, 3.63) is 12.2 Å². The number of nitrogens with one attached hydrogen (secondary N) is 1. The van der Waals surface area contributed by atoms with Gasteiger partial charge in [0.15, 0.2) is 5.82 Å². The van der Waals surface area contributed by atoms with Gasteiger partial charge in [-0.1, -0.05) is 27.7 Å². The molecule has 4 heteroatoms. The normalized spacial score (nSPS) is 11.6. The van der Waals surface area contributed by atoms with Crippen molar-refractivity contribution in [2.24, 2.45) is 11.8 Å². The molecular formula is C13H26N4. The van der Waals surface area contributed by atoms with Gasteiger partial charge in [-0.25, -0.2) is 4.98 Å². The van der Waals surface area contributed by atoms with Crippen LogP contribution in [0.2, 0.25) is 0 Å². The highest BCUT2D eigenvalue weighted by atomic mass is 15.3. The van der Waals surface area contributed by atoms with Crippen molar-refractivity contribution in [3.8, 4) is 0 Å². The molecule has 1 aromatic rings. The Balaban J connectivity index is 2.23. The number of aryl methyl sites for hydroxylation is 1. The van der Waals surface area contributed by atoms with Crippen molar-refractivity contribution in [3.63, 3.8) is 0 Å². The van der Waals surface area contributed by atoms with Gasteiger partial charge < -0.3 is 5.32 Å². The van der Waals surface area contributed by atoms with Crippen LogP contribution < -0.4 is 5.32 Å². The van der Waals surface area contributed by atoms with Crippen LogP contribution in [-0.4, -0.2) is 21.3 Å². The Labute approximate surface area is 105 Å². The Bertz CT molecular complexity index is 276. The summed E-state index contributed by atoms with van der Waals surface area (Å²) in [5.41, 5.74) is 0. The number of aromatic nitrogens is 3. The van der Waals surface area contributed by atoms with Crippen molar-refractivity contribution in [2.75, 3.05) is 6.54 Å². The third-order valence-electron chi connectivity index (χ3n) is 2.59. The summed E-state index contributed by atoms with van der Waals surface area (Å²) >= 11 is 0. The maximum Gasteiger partial charge on any atom is 0.164 e. The van der Waals surface area contributed by atoms with Crippen LogP contribution in [-0.2, 0) is 13.1 Å². The molecular weight excluding hydrogens is 212 g/mol. The summed E-state index contributed by atoms with van der Waals surface area (Å²) in [6, 6.07) is 0. The number of rotatable bonds is 8. The van der Waals surface area contributed by atoms with Crippen molar-refractivity contribution in [2.45, 2.75) is 53.6 Å². The van der Waals surface area contributed by atoms with E-state index in [1.165, 1.54) is 12.8 Å². The second-order valence-corrected chi connectivity index (χ2v) is 5.48. The Morgan fingerprint density at radius 1 is 1.24 bits per heavy atom. The van der Waals surface area contributed by atoms with Gasteiger partial charge in [0.1, 0.15) is 6.33 Å². The van der Waals surface area contributed by atoms with E-state index in [1.807, 2.05) is 11.0 Å². The minimum absolute atomic E-state index is 0.670. The largest absolute Gasteiger partial charge is 0.310 e. The van der Waals surface area contributed by atoms with Gasteiger partial charge in [0.2, 0.25) is 0 Å². The zero-order valence-corrected chi connectivity index (χ0v) is 11.6. The van der Waals surface area contributed by atoms with E-state index in [0.29, 0.717) is 5.92 Å². The first-order chi connectivity index (χ1) is 8.08. The quantitative estimate of drug-likeness (QED) is 0.756. The summed E-state index contributed by atoms with van der Waals surface area (Å²) in [6.45, 7) is 11.7. The molecule has 0 unspecified atom stereocenters. The molecule has 0 spiro atoms. The third kappa shape index (κ3) is 6.41. The van der Waals surface area contributed by atoms with E-state index in [-0.39, 0.29) is 0 Å². The first-order valence-corrected chi connectivity index (χ1v) is 6.67. The molecule has 0 amide bonds. The minimum Gasteiger partial charge on any atom is -0.310 e. The lowest BCUT2D eigenvalue weighted by molar-refractivity contribution is 0.484. The molecule has 98 valence electrons. The molecule has 0 atom stereocenters. The van der Waals surface area contributed by atoms with Crippen LogP contribution in [0.3, 0.4) is 0 Å². The van der Waals surface area contributed by atoms with Gasteiger partial charge in [-0.3, -0.25) is 4.68 Å². The predicted octanol–water partition coefficient (Wildman–Crippen LogP) is 2.46. The number of hydrogen-bond donors (Lipinski definition) is 1. The summed E-state index contributed by atoms with van der Waals surface area (Å²) in [4.78, 5) is 4.30. The molecule has 0 aliphatic rings. The first kappa shape index (κ1) is 14.2. The van der Waals surface area contributed by atoms with E-state index in [2.05, 4.69) is 43.1 Å². The molecule has 1 aromatic heterocycles. The average Bonchev–Trinajstić information content (AvgIpc) is 2.65. The van der Waals surface area contributed by atoms with Crippen LogP contribution in [0.1, 0.15) is 46.4 Å². The van der Waals surface area contributed by atoms with Gasteiger partial charge >= 0.3 is 0 Å². The first-order valence-electron chi connectivity index (χ1n) is 6.67. The molecule has 17 heavy (non-hydrogen) atoms. The van der Waals surface area contributed by atoms with E-state index in [0.717, 1.165) is 31.4 Å². The molecule has 0 radical (unpaired) electrons. The smallest absolute Gasteiger partial charge is 0.164 e. The minimum atomic E-state index is 0.670. The summed E-state index contributed by atoms with van der Waals surface area (Å²) in [7, 11) is 0. The van der Waals surface area contributed by atoms with Gasteiger partial charge in [0.25, 0.3) is 0 Å². The monoisotopic (exact) mass is 238 g/mol. The lowest BCUT2D eigenvalue weighted by Gasteiger charge is -2.05. The zero-order valence-electron chi connectivity index (χ0n) is 11.6. The summed E-state index contributed by atoms with van der Waals surface area (Å²) in [5, 5.41) is 7.80. The molecule has 4 nitrogen and oxygen atoms in total. The van der Waals surface area contributed by atoms with Crippen LogP contribution in [0.25, 0.3) is 0 Å². The number of hydrogen-bond acceptors (Lipinski definition) is 3. The molecule has 0 aliphatic heterocycles. The van der Waals surface area contributed by atoms with Gasteiger partial charge in [-0.15, -0.1) is 0 Å². The molecule has 0 aromatic carbocycles. The second kappa shape index (κ2) is 7.43. The topological polar surface area (TPSA) is 42.7 Å². The van der Waals surface area contributed by atoms with Crippen LogP contribution >= 0.6 is 0 Å². The fraction of sp³-hybridized carbons (Fsp3) is 0.846. The maximum atomic E-state index is 4.45. The summed E-state index contributed by atoms with van der Waals surface area (Å²) in [5.74, 6) is 2.34. The lowest BCUT2D eigenvalue weighted by Crippen LogP contribution is -2.19. The molecule has 0 aliphatic carbocycles. The van der Waals surface area contributed by atoms with Gasteiger partial charge in [0, 0.05) is 6.54 Å². The molecule has 1 N–H and O–H groups in total. The highest BCUT2D eigenvalue weighted by Gasteiger charge is 2.01. The standard InChI is InChI=1S/C13H26N4/c1-11(2)6-5-7-17-10-15-13(16-17)9-14-8-12(3)4/h10-12,14H,5-9H2,1-4H3. The maximum absolute atomic E-state index is 4.45. The van der Waals surface area contributed by atoms with Crippen molar-refractivity contribution >= 4 is 0 Å². The molecule has 1 rings (SSSR count). The Hall–Kier alpha value is -0.900. The fourth-order valence-electron chi connectivity index (χ4n) is 1.66. The zero-order chi connectivity index (χ0) is 12.7. The fourth-order valence-corrected chi connectivity index (χ4v) is 1.66. The molecule has 0 fully saturated rings. The Morgan fingerprint density at radius 3 is 2.65 bits per heavy atom. The highest BCUT2D eigenvalue weighted by molar-refractivity contribution is 4.80. The van der Waals surface area contributed by atoms with Gasteiger partial charge in [-0.2, -0.15) is 5.10 Å². The van der Waals surface area contributed by atoms with E-state index in [1.54, 1.807) is 0 Å². The van der Waals surface area contributed by atoms with Crippen molar-refractivity contribution in [1.82, 2.24) is 20.1 Å². The predicted molar refractivity (Wildman–Crippen MR) is 70.6 cm³/mol. The van der Waals surface area contributed by atoms with E-state index in [9.17, 15) is 0 Å². The van der Waals surface area contributed by atoms with E-state index in [4.69, 9.17) is 0 Å². The summed E-state index contributed by atoms with van der Waals surface area (Å²) < 4.78 is 1.95. The molecule has 0 saturated heterocycles. The average molecular weight is 238 g/mol. The SMILES string of the molecule is CC(C)CCCn1cnc(CNCC(C)C)n1. The Kier molecular flexibility index (Phi) is 6.19. The highest BCUT2D eigenvalue weighted by Crippen LogP contribution is 2.04. The lowest BCUT2D eigenvalue weighted by atomic mass is 10.1. The van der Waals surface area contributed by atoms with Crippen LogP contribution in [0.15, 0.2) is 6.33 Å². The van der Waals surface area contributed by atoms with Crippen molar-refractivity contribution < 1.29 is 0 Å². The van der Waals surface area contributed by atoms with E-state index >= 15 is 0 Å². The number of nitrogens with zero attached hydrogens (tertiary/aromatic N) is 3.